The smallest absolute Gasteiger partial charge is 0.245 e. The number of hydrogen-bond acceptors (Lipinski definition) is 3. The second kappa shape index (κ2) is 9.05. The van der Waals surface area contributed by atoms with E-state index in [4.69, 9.17) is 11.6 Å². The lowest BCUT2D eigenvalue weighted by molar-refractivity contribution is -0.140. The number of hydrogen-bond donors (Lipinski definition) is 2. The fourth-order valence-corrected chi connectivity index (χ4v) is 5.03. The number of halogens is 1. The van der Waals surface area contributed by atoms with Crippen LogP contribution < -0.4 is 5.32 Å². The number of carbonyl (C=O) groups excluding carboxylic acids is 2. The van der Waals surface area contributed by atoms with E-state index in [1.54, 1.807) is 0 Å². The third-order valence-corrected chi connectivity index (χ3v) is 6.86. The van der Waals surface area contributed by atoms with Crippen molar-refractivity contribution >= 4 is 23.4 Å². The van der Waals surface area contributed by atoms with Gasteiger partial charge in [0.2, 0.25) is 11.8 Å². The Morgan fingerprint density at radius 3 is 2.48 bits per heavy atom. The zero-order valence-electron chi connectivity index (χ0n) is 17.7. The Balaban J connectivity index is 1.63. The molecule has 2 fully saturated rings. The van der Waals surface area contributed by atoms with Gasteiger partial charge in [-0.05, 0) is 61.1 Å². The first-order valence-electron chi connectivity index (χ1n) is 10.7. The Hall–Kier alpha value is -1.59. The summed E-state index contributed by atoms with van der Waals surface area (Å²) in [4.78, 5) is 27.6. The van der Waals surface area contributed by atoms with E-state index in [1.807, 2.05) is 24.0 Å². The highest BCUT2D eigenvalue weighted by atomic mass is 35.5. The van der Waals surface area contributed by atoms with Gasteiger partial charge in [-0.3, -0.25) is 9.59 Å². The molecule has 1 saturated heterocycles. The summed E-state index contributed by atoms with van der Waals surface area (Å²) in [5.41, 5.74) is 1.19. The minimum atomic E-state index is -0.497. The molecule has 6 heteroatoms. The van der Waals surface area contributed by atoms with Crippen LogP contribution in [0.5, 0.6) is 0 Å². The third kappa shape index (κ3) is 5.13. The van der Waals surface area contributed by atoms with E-state index in [9.17, 15) is 14.7 Å². The zero-order chi connectivity index (χ0) is 21.2. The highest BCUT2D eigenvalue weighted by Crippen LogP contribution is 2.42. The van der Waals surface area contributed by atoms with Crippen molar-refractivity contribution in [2.24, 2.45) is 11.3 Å². The van der Waals surface area contributed by atoms with Crippen molar-refractivity contribution < 1.29 is 14.7 Å². The molecule has 2 amide bonds. The first kappa shape index (κ1) is 22.1. The first-order chi connectivity index (χ1) is 13.7. The molecule has 3 rings (SSSR count). The van der Waals surface area contributed by atoms with Crippen LogP contribution in [0.15, 0.2) is 24.3 Å². The maximum absolute atomic E-state index is 13.2. The lowest BCUT2D eigenvalue weighted by Gasteiger charge is -2.45. The monoisotopic (exact) mass is 420 g/mol. The summed E-state index contributed by atoms with van der Waals surface area (Å²) in [5, 5.41) is 13.4. The number of aliphatic hydroxyl groups is 1. The fourth-order valence-electron chi connectivity index (χ4n) is 4.90. The molecule has 0 spiro atoms. The van der Waals surface area contributed by atoms with E-state index in [0.29, 0.717) is 44.7 Å². The number of amides is 2. The number of rotatable bonds is 5. The van der Waals surface area contributed by atoms with Crippen LogP contribution in [0.4, 0.5) is 0 Å². The van der Waals surface area contributed by atoms with Crippen LogP contribution in [-0.2, 0) is 9.59 Å². The number of nitrogens with zero attached hydrogens (tertiary/aromatic N) is 1. The van der Waals surface area contributed by atoms with Gasteiger partial charge in [-0.15, -0.1) is 0 Å². The highest BCUT2D eigenvalue weighted by molar-refractivity contribution is 6.30. The molecule has 0 radical (unpaired) electrons. The molecular weight excluding hydrogens is 388 g/mol. The van der Waals surface area contributed by atoms with Crippen molar-refractivity contribution in [2.45, 2.75) is 70.9 Å². The first-order valence-corrected chi connectivity index (χ1v) is 11.1. The molecule has 160 valence electrons. The normalized spacial score (nSPS) is 27.5. The number of benzene rings is 1. The fraction of sp³-hybridized carbons (Fsp3) is 0.652. The predicted molar refractivity (Wildman–Crippen MR) is 115 cm³/mol. The van der Waals surface area contributed by atoms with Crippen molar-refractivity contribution in [1.29, 1.82) is 0 Å². The summed E-state index contributed by atoms with van der Waals surface area (Å²) in [6, 6.07) is 7.51. The lowest BCUT2D eigenvalue weighted by Crippen LogP contribution is -2.54. The summed E-state index contributed by atoms with van der Waals surface area (Å²) in [7, 11) is 0. The summed E-state index contributed by atoms with van der Waals surface area (Å²) in [6.07, 6.45) is 2.91. The average Bonchev–Trinajstić information content (AvgIpc) is 3.12. The Morgan fingerprint density at radius 2 is 1.93 bits per heavy atom. The third-order valence-electron chi connectivity index (χ3n) is 6.61. The molecule has 0 aromatic heterocycles. The summed E-state index contributed by atoms with van der Waals surface area (Å²) in [5.74, 6) is 0.0801. The van der Waals surface area contributed by atoms with Crippen LogP contribution in [0.3, 0.4) is 0 Å². The number of carbonyl (C=O) groups is 2. The molecule has 1 aromatic carbocycles. The molecule has 2 N–H and O–H groups in total. The second-order valence-electron chi connectivity index (χ2n) is 9.27. The van der Waals surface area contributed by atoms with Gasteiger partial charge < -0.3 is 15.3 Å². The van der Waals surface area contributed by atoms with Gasteiger partial charge in [-0.25, -0.2) is 0 Å². The predicted octanol–water partition coefficient (Wildman–Crippen LogP) is 3.74. The number of piperidine rings is 1. The van der Waals surface area contributed by atoms with Gasteiger partial charge in [-0.1, -0.05) is 44.5 Å². The van der Waals surface area contributed by atoms with Gasteiger partial charge in [0.15, 0.2) is 0 Å². The van der Waals surface area contributed by atoms with E-state index in [-0.39, 0.29) is 23.1 Å². The molecule has 2 aliphatic rings. The second-order valence-corrected chi connectivity index (χ2v) is 9.71. The average molecular weight is 421 g/mol. The number of aliphatic hydroxyl groups excluding tert-OH is 1. The molecule has 4 atom stereocenters. The molecule has 1 heterocycles. The van der Waals surface area contributed by atoms with E-state index < -0.39 is 12.1 Å². The van der Waals surface area contributed by atoms with E-state index in [1.165, 1.54) is 5.56 Å². The van der Waals surface area contributed by atoms with Crippen LogP contribution in [0, 0.1) is 11.3 Å². The largest absolute Gasteiger partial charge is 0.393 e. The topological polar surface area (TPSA) is 69.6 Å². The molecule has 5 nitrogen and oxygen atoms in total. The summed E-state index contributed by atoms with van der Waals surface area (Å²) < 4.78 is 0. The van der Waals surface area contributed by atoms with Crippen LogP contribution in [0.25, 0.3) is 0 Å². The van der Waals surface area contributed by atoms with E-state index >= 15 is 0 Å². The number of likely N-dealkylation sites (tertiary alicyclic amines) is 1. The van der Waals surface area contributed by atoms with Crippen molar-refractivity contribution in [3.8, 4) is 0 Å². The van der Waals surface area contributed by atoms with Crippen LogP contribution >= 0.6 is 11.6 Å². The van der Waals surface area contributed by atoms with E-state index in [2.05, 4.69) is 31.3 Å². The number of nitrogens with one attached hydrogen (secondary N) is 1. The standard InChI is InChI=1S/C23H33ClN2O3/c1-4-20(25-21(28)16-7-10-18(27)13-16)22(29)26-12-11-19(23(2,3)14-26)15-5-8-17(24)9-6-15/h5-6,8-9,16,18-20,27H,4,7,10-14H2,1-3H3,(H,25,28)/t16-,18-,19?,20+/m0/s1. The Labute approximate surface area is 178 Å². The summed E-state index contributed by atoms with van der Waals surface area (Å²) in [6.45, 7) is 7.67. The van der Waals surface area contributed by atoms with Crippen LogP contribution in [0.1, 0.15) is 64.4 Å². The molecule has 1 unspecified atom stereocenters. The quantitative estimate of drug-likeness (QED) is 0.762. The van der Waals surface area contributed by atoms with E-state index in [0.717, 1.165) is 11.4 Å². The molecule has 0 bridgehead atoms. The van der Waals surface area contributed by atoms with Crippen molar-refractivity contribution in [2.75, 3.05) is 13.1 Å². The lowest BCUT2D eigenvalue weighted by atomic mass is 9.70. The zero-order valence-corrected chi connectivity index (χ0v) is 18.4. The van der Waals surface area contributed by atoms with Gasteiger partial charge in [0.05, 0.1) is 6.10 Å². The molecular formula is C23H33ClN2O3. The maximum atomic E-state index is 13.2. The minimum Gasteiger partial charge on any atom is -0.393 e. The molecule has 29 heavy (non-hydrogen) atoms. The Morgan fingerprint density at radius 1 is 1.24 bits per heavy atom. The molecule has 1 aliphatic carbocycles. The van der Waals surface area contributed by atoms with Gasteiger partial charge >= 0.3 is 0 Å². The Kier molecular flexibility index (Phi) is 6.90. The van der Waals surface area contributed by atoms with Crippen LogP contribution in [-0.4, -0.2) is 47.1 Å². The van der Waals surface area contributed by atoms with Crippen molar-refractivity contribution in [3.05, 3.63) is 34.9 Å². The minimum absolute atomic E-state index is 0.00188. The Bertz CT molecular complexity index is 734. The molecule has 1 aliphatic heterocycles. The highest BCUT2D eigenvalue weighted by Gasteiger charge is 2.40. The summed E-state index contributed by atoms with van der Waals surface area (Å²) >= 11 is 6.03. The van der Waals surface area contributed by atoms with Gasteiger partial charge in [0.1, 0.15) is 6.04 Å². The molecule has 1 saturated carbocycles. The van der Waals surface area contributed by atoms with Crippen LogP contribution in [0.2, 0.25) is 5.02 Å². The SMILES string of the molecule is CC[C@@H](NC(=O)[C@H]1CC[C@H](O)C1)C(=O)N1CCC(c2ccc(Cl)cc2)C(C)(C)C1. The molecule has 1 aromatic rings. The van der Waals surface area contributed by atoms with Crippen molar-refractivity contribution in [3.63, 3.8) is 0 Å². The van der Waals surface area contributed by atoms with Crippen molar-refractivity contribution in [1.82, 2.24) is 10.2 Å². The maximum Gasteiger partial charge on any atom is 0.245 e. The van der Waals surface area contributed by atoms with Gasteiger partial charge in [-0.2, -0.15) is 0 Å². The van der Waals surface area contributed by atoms with Gasteiger partial charge in [0.25, 0.3) is 0 Å². The van der Waals surface area contributed by atoms with Gasteiger partial charge in [0, 0.05) is 24.0 Å².